The summed E-state index contributed by atoms with van der Waals surface area (Å²) >= 11 is 5.90. The van der Waals surface area contributed by atoms with Crippen LogP contribution in [0.3, 0.4) is 0 Å². The average Bonchev–Trinajstić information content (AvgIpc) is 2.69. The van der Waals surface area contributed by atoms with Crippen LogP contribution in [0.4, 0.5) is 11.5 Å². The third-order valence-corrected chi connectivity index (χ3v) is 4.04. The van der Waals surface area contributed by atoms with Gasteiger partial charge < -0.3 is 15.4 Å². The molecule has 28 heavy (non-hydrogen) atoms. The third kappa shape index (κ3) is 5.44. The zero-order valence-corrected chi connectivity index (χ0v) is 16.4. The lowest BCUT2D eigenvalue weighted by Crippen LogP contribution is -2.16. The Hall–Kier alpha value is -3.12. The van der Waals surface area contributed by atoms with E-state index in [1.165, 1.54) is 6.33 Å². The largest absolute Gasteiger partial charge is 0.489 e. The van der Waals surface area contributed by atoms with Crippen molar-refractivity contribution in [3.8, 4) is 5.75 Å². The molecule has 0 spiro atoms. The summed E-state index contributed by atoms with van der Waals surface area (Å²) in [5.74, 6) is 0.833. The van der Waals surface area contributed by atoms with Crippen LogP contribution < -0.4 is 15.4 Å². The number of carbonyl (C=O) groups excluding carboxylic acids is 1. The lowest BCUT2D eigenvalue weighted by atomic mass is 10.2. The van der Waals surface area contributed by atoms with E-state index in [0.29, 0.717) is 28.8 Å². The minimum atomic E-state index is -0.336. The summed E-state index contributed by atoms with van der Waals surface area (Å²) < 4.78 is 5.73. The molecule has 3 aromatic rings. The number of rotatable bonds is 7. The minimum absolute atomic E-state index is 0.000716. The second-order valence-corrected chi connectivity index (χ2v) is 6.82. The van der Waals surface area contributed by atoms with Crippen LogP contribution in [0.5, 0.6) is 5.75 Å². The summed E-state index contributed by atoms with van der Waals surface area (Å²) in [6.07, 6.45) is 1.36. The molecule has 7 heteroatoms. The number of carbonyl (C=O) groups is 1. The van der Waals surface area contributed by atoms with Crippen molar-refractivity contribution >= 4 is 29.0 Å². The van der Waals surface area contributed by atoms with Gasteiger partial charge in [0.05, 0.1) is 11.8 Å². The molecule has 0 aliphatic carbocycles. The van der Waals surface area contributed by atoms with Crippen molar-refractivity contribution in [3.05, 3.63) is 77.2 Å². The van der Waals surface area contributed by atoms with Gasteiger partial charge in [0.1, 0.15) is 23.6 Å². The Labute approximate surface area is 168 Å². The van der Waals surface area contributed by atoms with Gasteiger partial charge in [-0.3, -0.25) is 4.79 Å². The average molecular weight is 397 g/mol. The number of halogens is 1. The molecule has 0 saturated heterocycles. The summed E-state index contributed by atoms with van der Waals surface area (Å²) in [6.45, 7) is 4.42. The predicted molar refractivity (Wildman–Crippen MR) is 111 cm³/mol. The number of nitrogens with one attached hydrogen (secondary N) is 2. The van der Waals surface area contributed by atoms with E-state index in [1.807, 2.05) is 56.3 Å². The van der Waals surface area contributed by atoms with E-state index in [4.69, 9.17) is 16.3 Å². The number of benzene rings is 2. The van der Waals surface area contributed by atoms with Crippen LogP contribution in [0.2, 0.25) is 5.02 Å². The smallest absolute Gasteiger partial charge is 0.274 e. The Morgan fingerprint density at radius 1 is 1.11 bits per heavy atom. The quantitative estimate of drug-likeness (QED) is 0.601. The monoisotopic (exact) mass is 396 g/mol. The van der Waals surface area contributed by atoms with E-state index in [9.17, 15) is 4.79 Å². The highest BCUT2D eigenvalue weighted by Gasteiger charge is 2.13. The SMILES string of the molecule is CC(C)Oc1ccccc1NC(=O)c1cc(NCc2ccc(Cl)cc2)ncn1. The van der Waals surface area contributed by atoms with Crippen molar-refractivity contribution < 1.29 is 9.53 Å². The van der Waals surface area contributed by atoms with Gasteiger partial charge in [-0.15, -0.1) is 0 Å². The van der Waals surface area contributed by atoms with Gasteiger partial charge in [-0.1, -0.05) is 35.9 Å². The molecule has 0 radical (unpaired) electrons. The molecule has 0 aliphatic heterocycles. The zero-order chi connectivity index (χ0) is 19.9. The van der Waals surface area contributed by atoms with Crippen LogP contribution in [0.1, 0.15) is 29.9 Å². The zero-order valence-electron chi connectivity index (χ0n) is 15.6. The van der Waals surface area contributed by atoms with E-state index in [0.717, 1.165) is 5.56 Å². The van der Waals surface area contributed by atoms with Crippen molar-refractivity contribution in [2.24, 2.45) is 0 Å². The Kier molecular flexibility index (Phi) is 6.45. The van der Waals surface area contributed by atoms with E-state index in [2.05, 4.69) is 20.6 Å². The first kappa shape index (κ1) is 19.6. The molecule has 2 aromatic carbocycles. The molecule has 1 heterocycles. The molecule has 0 fully saturated rings. The van der Waals surface area contributed by atoms with Crippen LogP contribution in [0.25, 0.3) is 0 Å². The molecular weight excluding hydrogens is 376 g/mol. The summed E-state index contributed by atoms with van der Waals surface area (Å²) in [6, 6.07) is 16.4. The maximum atomic E-state index is 12.6. The first-order chi connectivity index (χ1) is 13.5. The van der Waals surface area contributed by atoms with Crippen LogP contribution in [0, 0.1) is 0 Å². The molecule has 0 bridgehead atoms. The first-order valence-electron chi connectivity index (χ1n) is 8.88. The topological polar surface area (TPSA) is 76.1 Å². The lowest BCUT2D eigenvalue weighted by Gasteiger charge is -2.14. The number of aromatic nitrogens is 2. The molecule has 3 rings (SSSR count). The van der Waals surface area contributed by atoms with Crippen molar-refractivity contribution in [2.45, 2.75) is 26.5 Å². The van der Waals surface area contributed by atoms with Gasteiger partial charge >= 0.3 is 0 Å². The van der Waals surface area contributed by atoms with Gasteiger partial charge in [0.2, 0.25) is 0 Å². The van der Waals surface area contributed by atoms with Crippen LogP contribution in [-0.2, 0) is 6.54 Å². The van der Waals surface area contributed by atoms with E-state index in [1.54, 1.807) is 12.1 Å². The van der Waals surface area contributed by atoms with Gasteiger partial charge in [-0.25, -0.2) is 9.97 Å². The fourth-order valence-electron chi connectivity index (χ4n) is 2.49. The summed E-state index contributed by atoms with van der Waals surface area (Å²) in [5.41, 5.74) is 1.90. The third-order valence-electron chi connectivity index (χ3n) is 3.78. The highest BCUT2D eigenvalue weighted by molar-refractivity contribution is 6.30. The van der Waals surface area contributed by atoms with Crippen molar-refractivity contribution in [2.75, 3.05) is 10.6 Å². The molecular formula is C21H21ClN4O2. The second-order valence-electron chi connectivity index (χ2n) is 6.39. The maximum Gasteiger partial charge on any atom is 0.274 e. The van der Waals surface area contributed by atoms with Gasteiger partial charge in [0, 0.05) is 17.6 Å². The summed E-state index contributed by atoms with van der Waals surface area (Å²) in [5, 5.41) is 6.71. The van der Waals surface area contributed by atoms with Gasteiger partial charge in [-0.2, -0.15) is 0 Å². The first-order valence-corrected chi connectivity index (χ1v) is 9.26. The molecule has 0 unspecified atom stereocenters. The number of hydrogen-bond donors (Lipinski definition) is 2. The number of ether oxygens (including phenoxy) is 1. The molecule has 6 nitrogen and oxygen atoms in total. The molecule has 2 N–H and O–H groups in total. The number of hydrogen-bond acceptors (Lipinski definition) is 5. The number of para-hydroxylation sites is 2. The molecule has 1 aromatic heterocycles. The highest BCUT2D eigenvalue weighted by Crippen LogP contribution is 2.25. The van der Waals surface area contributed by atoms with Crippen molar-refractivity contribution in [1.29, 1.82) is 0 Å². The summed E-state index contributed by atoms with van der Waals surface area (Å²) in [7, 11) is 0. The molecule has 0 aliphatic rings. The van der Waals surface area contributed by atoms with Crippen molar-refractivity contribution in [3.63, 3.8) is 0 Å². The van der Waals surface area contributed by atoms with Gasteiger partial charge in [-0.05, 0) is 43.7 Å². The number of nitrogens with zero attached hydrogens (tertiary/aromatic N) is 2. The van der Waals surface area contributed by atoms with Gasteiger partial charge in [0.25, 0.3) is 5.91 Å². The standard InChI is InChI=1S/C21H21ClN4O2/c1-14(2)28-19-6-4-3-5-17(19)26-21(27)18-11-20(25-13-24-18)23-12-15-7-9-16(22)10-8-15/h3-11,13-14H,12H2,1-2H3,(H,26,27)(H,23,24,25). The molecule has 0 atom stereocenters. The van der Waals surface area contributed by atoms with E-state index in [-0.39, 0.29) is 17.7 Å². The van der Waals surface area contributed by atoms with Crippen molar-refractivity contribution in [1.82, 2.24) is 9.97 Å². The fourth-order valence-corrected chi connectivity index (χ4v) is 2.61. The van der Waals surface area contributed by atoms with E-state index >= 15 is 0 Å². The molecule has 144 valence electrons. The van der Waals surface area contributed by atoms with Gasteiger partial charge in [0.15, 0.2) is 0 Å². The Morgan fingerprint density at radius 2 is 1.86 bits per heavy atom. The maximum absolute atomic E-state index is 12.6. The lowest BCUT2D eigenvalue weighted by molar-refractivity contribution is 0.102. The highest BCUT2D eigenvalue weighted by atomic mass is 35.5. The number of amides is 1. The predicted octanol–water partition coefficient (Wildman–Crippen LogP) is 4.78. The Morgan fingerprint density at radius 3 is 2.61 bits per heavy atom. The van der Waals surface area contributed by atoms with Crippen LogP contribution in [0.15, 0.2) is 60.9 Å². The normalized spacial score (nSPS) is 10.6. The minimum Gasteiger partial charge on any atom is -0.489 e. The van der Waals surface area contributed by atoms with Crippen LogP contribution in [-0.4, -0.2) is 22.0 Å². The number of anilines is 2. The molecule has 1 amide bonds. The summed E-state index contributed by atoms with van der Waals surface area (Å²) in [4.78, 5) is 20.9. The molecule has 0 saturated carbocycles. The Balaban J connectivity index is 1.68. The second kappa shape index (κ2) is 9.19. The Bertz CT molecular complexity index is 945. The fraction of sp³-hybridized carbons (Fsp3) is 0.190. The van der Waals surface area contributed by atoms with Crippen LogP contribution >= 0.6 is 11.6 Å². The van der Waals surface area contributed by atoms with E-state index < -0.39 is 0 Å².